The number of rotatable bonds is 2. The fourth-order valence-corrected chi connectivity index (χ4v) is 6.08. The molecule has 0 saturated heterocycles. The summed E-state index contributed by atoms with van der Waals surface area (Å²) < 4.78 is 11.8. The molecule has 0 heterocycles. The summed E-state index contributed by atoms with van der Waals surface area (Å²) in [5.74, 6) is 2.66. The van der Waals surface area contributed by atoms with E-state index in [1.165, 1.54) is 18.4 Å². The number of methoxy groups -OCH3 is 1. The van der Waals surface area contributed by atoms with E-state index < -0.39 is 0 Å². The number of ketones is 1. The molecule has 0 radical (unpaired) electrons. The zero-order valence-corrected chi connectivity index (χ0v) is 16.8. The topological polar surface area (TPSA) is 35.5 Å². The minimum Gasteiger partial charge on any atom is -0.497 e. The molecule has 3 heteroatoms. The predicted octanol–water partition coefficient (Wildman–Crippen LogP) is 5.38. The summed E-state index contributed by atoms with van der Waals surface area (Å²) in [5.41, 5.74) is 2.26. The molecule has 26 heavy (non-hydrogen) atoms. The van der Waals surface area contributed by atoms with Gasteiger partial charge in [-0.1, -0.05) is 13.0 Å². The van der Waals surface area contributed by atoms with Gasteiger partial charge in [0.15, 0.2) is 5.78 Å². The molecular weight excluding hydrogens is 324 g/mol. The van der Waals surface area contributed by atoms with Gasteiger partial charge < -0.3 is 9.47 Å². The summed E-state index contributed by atoms with van der Waals surface area (Å²) >= 11 is 0. The zero-order chi connectivity index (χ0) is 18.7. The van der Waals surface area contributed by atoms with Gasteiger partial charge in [0.1, 0.15) is 5.75 Å². The average Bonchev–Trinajstić information content (AvgIpc) is 2.90. The Bertz CT molecular complexity index is 717. The first kappa shape index (κ1) is 18.0. The molecule has 5 atom stereocenters. The van der Waals surface area contributed by atoms with Crippen LogP contribution in [0.2, 0.25) is 0 Å². The normalized spacial score (nSPS) is 36.3. The Morgan fingerprint density at radius 2 is 1.92 bits per heavy atom. The number of ether oxygens (including phenoxy) is 2. The van der Waals surface area contributed by atoms with Crippen LogP contribution in [0.1, 0.15) is 81.6 Å². The van der Waals surface area contributed by atoms with Crippen LogP contribution in [0.5, 0.6) is 5.75 Å². The van der Waals surface area contributed by atoms with Gasteiger partial charge in [0.05, 0.1) is 18.8 Å². The molecule has 0 unspecified atom stereocenters. The first-order chi connectivity index (χ1) is 12.2. The van der Waals surface area contributed by atoms with Crippen molar-refractivity contribution >= 4 is 5.78 Å². The van der Waals surface area contributed by atoms with Gasteiger partial charge >= 0.3 is 0 Å². The van der Waals surface area contributed by atoms with Gasteiger partial charge in [0.2, 0.25) is 0 Å². The molecule has 0 N–H and O–H groups in total. The maximum atomic E-state index is 12.9. The first-order valence-electron chi connectivity index (χ1n) is 10.1. The number of carbonyl (C=O) groups excluding carboxylic acids is 1. The largest absolute Gasteiger partial charge is 0.497 e. The summed E-state index contributed by atoms with van der Waals surface area (Å²) in [5, 5.41) is 0. The van der Waals surface area contributed by atoms with E-state index in [1.807, 2.05) is 12.1 Å². The third kappa shape index (κ3) is 2.79. The van der Waals surface area contributed by atoms with E-state index in [0.29, 0.717) is 36.1 Å². The Morgan fingerprint density at radius 1 is 1.15 bits per heavy atom. The van der Waals surface area contributed by atoms with E-state index in [9.17, 15) is 4.79 Å². The molecular formula is C23H32O3. The molecule has 4 rings (SSSR count). The molecule has 0 amide bonds. The van der Waals surface area contributed by atoms with E-state index in [1.54, 1.807) is 7.11 Å². The van der Waals surface area contributed by atoms with Crippen molar-refractivity contribution in [1.29, 1.82) is 0 Å². The minimum absolute atomic E-state index is 0.106. The summed E-state index contributed by atoms with van der Waals surface area (Å²) in [7, 11) is 1.66. The van der Waals surface area contributed by atoms with Gasteiger partial charge in [-0.15, -0.1) is 0 Å². The Labute approximate surface area is 157 Å². The van der Waals surface area contributed by atoms with E-state index in [0.717, 1.165) is 24.2 Å². The van der Waals surface area contributed by atoms with Crippen molar-refractivity contribution in [2.45, 2.75) is 77.4 Å². The van der Waals surface area contributed by atoms with Crippen molar-refractivity contribution in [3.05, 3.63) is 29.3 Å². The van der Waals surface area contributed by atoms with Gasteiger partial charge in [-0.3, -0.25) is 4.79 Å². The van der Waals surface area contributed by atoms with Gasteiger partial charge in [-0.2, -0.15) is 0 Å². The first-order valence-corrected chi connectivity index (χ1v) is 10.1. The molecule has 1 aromatic carbocycles. The maximum absolute atomic E-state index is 12.9. The lowest BCUT2D eigenvalue weighted by atomic mass is 9.55. The van der Waals surface area contributed by atoms with E-state index in [2.05, 4.69) is 33.8 Å². The van der Waals surface area contributed by atoms with Crippen molar-refractivity contribution in [3.8, 4) is 5.75 Å². The van der Waals surface area contributed by atoms with Crippen molar-refractivity contribution in [2.24, 2.45) is 17.3 Å². The van der Waals surface area contributed by atoms with Crippen molar-refractivity contribution < 1.29 is 14.3 Å². The summed E-state index contributed by atoms with van der Waals surface area (Å²) in [6.45, 7) is 8.89. The molecule has 0 aromatic heterocycles. The highest BCUT2D eigenvalue weighted by atomic mass is 16.5. The highest BCUT2D eigenvalue weighted by molar-refractivity contribution is 5.99. The van der Waals surface area contributed by atoms with E-state index in [-0.39, 0.29) is 11.0 Å². The van der Waals surface area contributed by atoms with Crippen molar-refractivity contribution in [2.75, 3.05) is 7.11 Å². The lowest BCUT2D eigenvalue weighted by molar-refractivity contribution is -0.124. The van der Waals surface area contributed by atoms with Crippen molar-refractivity contribution in [3.63, 3.8) is 0 Å². The highest BCUT2D eigenvalue weighted by Crippen LogP contribution is 2.62. The standard InChI is InChI=1S/C23H32O3/c1-22(2,3)26-21-9-8-19-17-13-20(24)18-12-14(25-5)6-7-15(18)16(17)10-11-23(19,21)4/h6-7,12,16-17,19,21H,8-11,13H2,1-5H3/t16-,17-,19+,21+,23+/m1/s1. The SMILES string of the molecule is COc1ccc2c(c1)C(=O)C[C@@H]1[C@@H]2CC[C@]2(C)[C@@H](OC(C)(C)C)CC[C@@H]12. The fraction of sp³-hybridized carbons (Fsp3) is 0.696. The quantitative estimate of drug-likeness (QED) is 0.714. The van der Waals surface area contributed by atoms with Gasteiger partial charge in [0, 0.05) is 12.0 Å². The molecule has 142 valence electrons. The maximum Gasteiger partial charge on any atom is 0.163 e. The number of hydrogen-bond acceptors (Lipinski definition) is 3. The van der Waals surface area contributed by atoms with Crippen LogP contribution in [-0.2, 0) is 4.74 Å². The molecule has 0 bridgehead atoms. The van der Waals surface area contributed by atoms with E-state index >= 15 is 0 Å². The molecule has 0 aliphatic heterocycles. The Morgan fingerprint density at radius 3 is 2.62 bits per heavy atom. The fourth-order valence-electron chi connectivity index (χ4n) is 6.08. The smallest absolute Gasteiger partial charge is 0.163 e. The molecule has 3 nitrogen and oxygen atoms in total. The van der Waals surface area contributed by atoms with Crippen LogP contribution >= 0.6 is 0 Å². The zero-order valence-electron chi connectivity index (χ0n) is 16.8. The molecule has 3 aliphatic rings. The number of Topliss-reactive ketones (excluding diaryl/α,β-unsaturated/α-hetero) is 1. The molecule has 2 saturated carbocycles. The molecule has 3 aliphatic carbocycles. The van der Waals surface area contributed by atoms with Crippen LogP contribution in [0, 0.1) is 17.3 Å². The Balaban J connectivity index is 1.65. The van der Waals surface area contributed by atoms with Crippen LogP contribution in [-0.4, -0.2) is 24.6 Å². The second-order valence-electron chi connectivity index (χ2n) is 9.80. The molecule has 2 fully saturated rings. The third-order valence-electron chi connectivity index (χ3n) is 7.23. The van der Waals surface area contributed by atoms with Gasteiger partial charge in [0.25, 0.3) is 0 Å². The summed E-state index contributed by atoms with van der Waals surface area (Å²) in [6.07, 6.45) is 5.68. The number of benzene rings is 1. The summed E-state index contributed by atoms with van der Waals surface area (Å²) in [6, 6.07) is 6.11. The van der Waals surface area contributed by atoms with Gasteiger partial charge in [-0.05, 0) is 87.3 Å². The van der Waals surface area contributed by atoms with Crippen LogP contribution < -0.4 is 4.74 Å². The van der Waals surface area contributed by atoms with Crippen LogP contribution in [0.15, 0.2) is 18.2 Å². The minimum atomic E-state index is -0.106. The molecule has 1 aromatic rings. The Kier molecular flexibility index (Phi) is 4.22. The molecule has 0 spiro atoms. The lowest BCUT2D eigenvalue weighted by Gasteiger charge is -2.51. The summed E-state index contributed by atoms with van der Waals surface area (Å²) in [4.78, 5) is 12.9. The second-order valence-corrected chi connectivity index (χ2v) is 9.80. The van der Waals surface area contributed by atoms with Crippen LogP contribution in [0.4, 0.5) is 0 Å². The van der Waals surface area contributed by atoms with E-state index in [4.69, 9.17) is 9.47 Å². The number of fused-ring (bicyclic) bond motifs is 5. The number of carbonyl (C=O) groups is 1. The monoisotopic (exact) mass is 356 g/mol. The third-order valence-corrected chi connectivity index (χ3v) is 7.23. The highest BCUT2D eigenvalue weighted by Gasteiger charge is 2.56. The van der Waals surface area contributed by atoms with Gasteiger partial charge in [-0.25, -0.2) is 0 Å². The lowest BCUT2D eigenvalue weighted by Crippen LogP contribution is -2.47. The van der Waals surface area contributed by atoms with Crippen molar-refractivity contribution in [1.82, 2.24) is 0 Å². The average molecular weight is 357 g/mol. The predicted molar refractivity (Wildman–Crippen MR) is 103 cm³/mol. The Hall–Kier alpha value is -1.35. The van der Waals surface area contributed by atoms with Crippen LogP contribution in [0.25, 0.3) is 0 Å². The van der Waals surface area contributed by atoms with Crippen LogP contribution in [0.3, 0.4) is 0 Å². The second kappa shape index (κ2) is 6.09. The number of hydrogen-bond donors (Lipinski definition) is 0.